The predicted octanol–water partition coefficient (Wildman–Crippen LogP) is 3.77. The Morgan fingerprint density at radius 3 is 2.56 bits per heavy atom. The van der Waals surface area contributed by atoms with Crippen molar-refractivity contribution >= 4 is 6.03 Å². The molecular formula is C20H27N3O2. The average molecular weight is 341 g/mol. The molecule has 3 rings (SSSR count). The molecule has 1 heterocycles. The van der Waals surface area contributed by atoms with Crippen LogP contribution in [0.5, 0.6) is 0 Å². The van der Waals surface area contributed by atoms with Gasteiger partial charge in [0.2, 0.25) is 0 Å². The van der Waals surface area contributed by atoms with Crippen LogP contribution in [0.25, 0.3) is 0 Å². The van der Waals surface area contributed by atoms with Crippen molar-refractivity contribution in [3.63, 3.8) is 0 Å². The second-order valence-corrected chi connectivity index (χ2v) is 7.33. The zero-order valence-electron chi connectivity index (χ0n) is 15.5. The van der Waals surface area contributed by atoms with Gasteiger partial charge in [0.25, 0.3) is 0 Å². The first-order valence-electron chi connectivity index (χ1n) is 8.90. The van der Waals surface area contributed by atoms with Gasteiger partial charge >= 0.3 is 6.03 Å². The molecular weight excluding hydrogens is 314 g/mol. The van der Waals surface area contributed by atoms with Gasteiger partial charge in [-0.3, -0.25) is 0 Å². The van der Waals surface area contributed by atoms with Crippen LogP contribution in [-0.2, 0) is 5.41 Å². The Hall–Kier alpha value is -2.30. The third-order valence-electron chi connectivity index (χ3n) is 5.27. The van der Waals surface area contributed by atoms with E-state index in [1.165, 1.54) is 5.56 Å². The van der Waals surface area contributed by atoms with Gasteiger partial charge < -0.3 is 14.7 Å². The number of urea groups is 1. The molecule has 1 aliphatic rings. The van der Waals surface area contributed by atoms with Crippen molar-refractivity contribution in [2.24, 2.45) is 0 Å². The second kappa shape index (κ2) is 6.90. The number of aryl methyl sites for hydroxylation is 2. The van der Waals surface area contributed by atoms with Gasteiger partial charge in [-0.25, -0.2) is 4.79 Å². The number of carbonyl (C=O) groups is 1. The Balaban J connectivity index is 1.55. The number of aromatic nitrogens is 1. The molecule has 0 bridgehead atoms. The summed E-state index contributed by atoms with van der Waals surface area (Å²) < 4.78 is 5.22. The fraction of sp³-hybridized carbons (Fsp3) is 0.500. The Kier molecular flexibility index (Phi) is 4.84. The van der Waals surface area contributed by atoms with Gasteiger partial charge in [-0.1, -0.05) is 42.4 Å². The summed E-state index contributed by atoms with van der Waals surface area (Å²) in [4.78, 5) is 14.3. The summed E-state index contributed by atoms with van der Waals surface area (Å²) >= 11 is 0. The molecule has 0 saturated heterocycles. The van der Waals surface area contributed by atoms with Crippen molar-refractivity contribution in [1.29, 1.82) is 0 Å². The topological polar surface area (TPSA) is 58.4 Å². The van der Waals surface area contributed by atoms with Crippen molar-refractivity contribution in [3.8, 4) is 0 Å². The van der Waals surface area contributed by atoms with Crippen LogP contribution < -0.4 is 5.32 Å². The number of hydrogen-bond acceptors (Lipinski definition) is 3. The first-order chi connectivity index (χ1) is 11.9. The van der Waals surface area contributed by atoms with Crippen molar-refractivity contribution in [3.05, 3.63) is 52.9 Å². The Bertz CT molecular complexity index is 715. The molecule has 1 aromatic carbocycles. The molecule has 1 atom stereocenters. The summed E-state index contributed by atoms with van der Waals surface area (Å²) in [6.45, 7) is 7.26. The summed E-state index contributed by atoms with van der Waals surface area (Å²) in [5.74, 6) is 1.00. The highest BCUT2D eigenvalue weighted by Gasteiger charge is 2.45. The summed E-state index contributed by atoms with van der Waals surface area (Å²) in [7, 11) is 1.87. The Morgan fingerprint density at radius 1 is 1.32 bits per heavy atom. The van der Waals surface area contributed by atoms with E-state index >= 15 is 0 Å². The van der Waals surface area contributed by atoms with Crippen molar-refractivity contribution in [2.75, 3.05) is 20.1 Å². The molecule has 1 aromatic heterocycles. The number of nitrogens with zero attached hydrogens (tertiary/aromatic N) is 2. The molecule has 2 amide bonds. The molecule has 2 aromatic rings. The van der Waals surface area contributed by atoms with Crippen LogP contribution in [0.4, 0.5) is 4.79 Å². The summed E-state index contributed by atoms with van der Waals surface area (Å²) in [5, 5.41) is 7.04. The van der Waals surface area contributed by atoms with Crippen molar-refractivity contribution < 1.29 is 9.32 Å². The molecule has 1 fully saturated rings. The fourth-order valence-corrected chi connectivity index (χ4v) is 3.68. The number of hydrogen-bond donors (Lipinski definition) is 1. The number of amides is 2. The minimum absolute atomic E-state index is 0.0270. The lowest BCUT2D eigenvalue weighted by molar-refractivity contribution is 0.203. The highest BCUT2D eigenvalue weighted by atomic mass is 16.5. The largest absolute Gasteiger partial charge is 0.361 e. The SMILES string of the molecule is Cc1noc(C)c1[C@@H](C)CNC(=O)N(C)CC1(c2ccccc2)CC1. The van der Waals surface area contributed by atoms with Crippen molar-refractivity contribution in [2.45, 2.75) is 44.9 Å². The van der Waals surface area contributed by atoms with Crippen LogP contribution in [0.1, 0.15) is 48.3 Å². The molecule has 1 N–H and O–H groups in total. The molecule has 5 heteroatoms. The van der Waals surface area contributed by atoms with E-state index in [-0.39, 0.29) is 17.4 Å². The zero-order chi connectivity index (χ0) is 18.0. The standard InChI is InChI=1S/C20H27N3O2/c1-14(18-15(2)22-25-16(18)3)12-21-19(24)23(4)13-20(10-11-20)17-8-6-5-7-9-17/h5-9,14H,10-13H2,1-4H3,(H,21,24)/t14-/m0/s1. The lowest BCUT2D eigenvalue weighted by atomic mass is 9.95. The quantitative estimate of drug-likeness (QED) is 0.870. The summed E-state index contributed by atoms with van der Waals surface area (Å²) in [6.07, 6.45) is 2.29. The lowest BCUT2D eigenvalue weighted by Gasteiger charge is -2.25. The maximum Gasteiger partial charge on any atom is 0.317 e. The van der Waals surface area contributed by atoms with E-state index in [0.717, 1.165) is 36.4 Å². The Morgan fingerprint density at radius 2 is 2.00 bits per heavy atom. The molecule has 25 heavy (non-hydrogen) atoms. The number of benzene rings is 1. The first-order valence-corrected chi connectivity index (χ1v) is 8.90. The van der Waals surface area contributed by atoms with Crippen LogP contribution in [0.15, 0.2) is 34.9 Å². The van der Waals surface area contributed by atoms with Gasteiger partial charge in [0, 0.05) is 37.0 Å². The predicted molar refractivity (Wildman–Crippen MR) is 97.8 cm³/mol. The number of carbonyl (C=O) groups excluding carboxylic acids is 1. The van der Waals surface area contributed by atoms with E-state index in [4.69, 9.17) is 4.52 Å². The van der Waals surface area contributed by atoms with Gasteiger partial charge in [0.05, 0.1) is 5.69 Å². The van der Waals surface area contributed by atoms with E-state index < -0.39 is 0 Å². The zero-order valence-corrected chi connectivity index (χ0v) is 15.5. The van der Waals surface area contributed by atoms with Gasteiger partial charge in [0.1, 0.15) is 5.76 Å². The van der Waals surface area contributed by atoms with Gasteiger partial charge in [-0.05, 0) is 32.3 Å². The third kappa shape index (κ3) is 3.70. The van der Waals surface area contributed by atoms with Gasteiger partial charge in [-0.2, -0.15) is 0 Å². The van der Waals surface area contributed by atoms with Crippen LogP contribution in [0.2, 0.25) is 0 Å². The molecule has 0 aliphatic heterocycles. The van der Waals surface area contributed by atoms with Crippen molar-refractivity contribution in [1.82, 2.24) is 15.4 Å². The minimum Gasteiger partial charge on any atom is -0.361 e. The van der Waals surface area contributed by atoms with E-state index in [2.05, 4.69) is 41.7 Å². The van der Waals surface area contributed by atoms with Gasteiger partial charge in [0.15, 0.2) is 0 Å². The van der Waals surface area contributed by atoms with Crippen LogP contribution >= 0.6 is 0 Å². The van der Waals surface area contributed by atoms with Crippen LogP contribution in [-0.4, -0.2) is 36.2 Å². The molecule has 134 valence electrons. The van der Waals surface area contributed by atoms with E-state index in [1.54, 1.807) is 4.90 Å². The normalized spacial score (nSPS) is 16.3. The van der Waals surface area contributed by atoms with E-state index in [1.807, 2.05) is 27.0 Å². The van der Waals surface area contributed by atoms with E-state index in [0.29, 0.717) is 6.54 Å². The maximum absolute atomic E-state index is 12.5. The summed E-state index contributed by atoms with van der Waals surface area (Å²) in [5.41, 5.74) is 3.46. The monoisotopic (exact) mass is 341 g/mol. The molecule has 0 spiro atoms. The molecule has 1 saturated carbocycles. The first kappa shape index (κ1) is 17.5. The molecule has 1 aliphatic carbocycles. The third-order valence-corrected chi connectivity index (χ3v) is 5.27. The summed E-state index contributed by atoms with van der Waals surface area (Å²) in [6, 6.07) is 10.5. The fourth-order valence-electron chi connectivity index (χ4n) is 3.68. The average Bonchev–Trinajstić information content (AvgIpc) is 3.31. The minimum atomic E-state index is -0.0270. The molecule has 0 radical (unpaired) electrons. The van der Waals surface area contributed by atoms with Crippen LogP contribution in [0, 0.1) is 13.8 Å². The highest BCUT2D eigenvalue weighted by molar-refractivity contribution is 5.74. The number of nitrogens with one attached hydrogen (secondary N) is 1. The Labute approximate surface area is 149 Å². The van der Waals surface area contributed by atoms with Crippen LogP contribution in [0.3, 0.4) is 0 Å². The lowest BCUT2D eigenvalue weighted by Crippen LogP contribution is -2.42. The smallest absolute Gasteiger partial charge is 0.317 e. The van der Waals surface area contributed by atoms with E-state index in [9.17, 15) is 4.79 Å². The second-order valence-electron chi connectivity index (χ2n) is 7.33. The molecule has 5 nitrogen and oxygen atoms in total. The number of likely N-dealkylation sites (N-methyl/N-ethyl adjacent to an activating group) is 1. The maximum atomic E-state index is 12.5. The molecule has 0 unspecified atom stereocenters. The number of rotatable bonds is 6. The highest BCUT2D eigenvalue weighted by Crippen LogP contribution is 2.48. The van der Waals surface area contributed by atoms with Gasteiger partial charge in [-0.15, -0.1) is 0 Å².